The first kappa shape index (κ1) is 20.1. The van der Waals surface area contributed by atoms with Gasteiger partial charge in [-0.3, -0.25) is 9.59 Å². The molecule has 0 aliphatic carbocycles. The maximum atomic E-state index is 12.9. The number of halogens is 1. The van der Waals surface area contributed by atoms with Crippen LogP contribution < -0.4 is 4.90 Å². The van der Waals surface area contributed by atoms with Crippen LogP contribution in [-0.2, 0) is 9.59 Å². The van der Waals surface area contributed by atoms with Gasteiger partial charge in [0, 0.05) is 61.3 Å². The number of hydrogen-bond donors (Lipinski definition) is 0. The monoisotopic (exact) mass is 436 g/mol. The molecule has 2 aliphatic heterocycles. The number of nitrogens with zero attached hydrogens (tertiary/aromatic N) is 4. The summed E-state index contributed by atoms with van der Waals surface area (Å²) in [5.74, 6) is 1.44. The summed E-state index contributed by atoms with van der Waals surface area (Å²) in [6.07, 6.45) is 3.35. The maximum absolute atomic E-state index is 12.9. The fraction of sp³-hybridized carbons (Fsp3) is 0.650. The van der Waals surface area contributed by atoms with Gasteiger partial charge in [-0.15, -0.1) is 0 Å². The standard InChI is InChI=1S/C20H29BrN4O2/c1-20(2,3)19(27)25-8-6-15(7-9-25)18(26)24-12-10-23(11-13-24)17-5-4-16(21)14-22-17/h4-5,14-15H,6-13H2,1-3H3. The highest BCUT2D eigenvalue weighted by Gasteiger charge is 2.34. The average molecular weight is 437 g/mol. The van der Waals surface area contributed by atoms with Crippen molar-refractivity contribution in [3.8, 4) is 0 Å². The number of piperazine rings is 1. The van der Waals surface area contributed by atoms with Crippen molar-refractivity contribution in [2.45, 2.75) is 33.6 Å². The Morgan fingerprint density at radius 1 is 1.00 bits per heavy atom. The fourth-order valence-corrected chi connectivity index (χ4v) is 4.01. The second-order valence-electron chi connectivity index (χ2n) is 8.46. The minimum atomic E-state index is -0.353. The van der Waals surface area contributed by atoms with Crippen molar-refractivity contribution in [2.24, 2.45) is 11.3 Å². The van der Waals surface area contributed by atoms with Crippen molar-refractivity contribution >= 4 is 33.6 Å². The van der Waals surface area contributed by atoms with E-state index in [9.17, 15) is 9.59 Å². The summed E-state index contributed by atoms with van der Waals surface area (Å²) >= 11 is 3.41. The largest absolute Gasteiger partial charge is 0.353 e. The summed E-state index contributed by atoms with van der Waals surface area (Å²) in [5, 5.41) is 0. The van der Waals surface area contributed by atoms with Crippen molar-refractivity contribution in [1.29, 1.82) is 0 Å². The third-order valence-electron chi connectivity index (χ3n) is 5.40. The summed E-state index contributed by atoms with van der Waals surface area (Å²) in [4.78, 5) is 35.9. The molecule has 1 aromatic rings. The average Bonchev–Trinajstić information content (AvgIpc) is 2.67. The summed E-state index contributed by atoms with van der Waals surface area (Å²) in [7, 11) is 0. The topological polar surface area (TPSA) is 56.8 Å². The minimum absolute atomic E-state index is 0.0476. The molecule has 0 atom stereocenters. The first-order valence-electron chi connectivity index (χ1n) is 9.70. The molecular formula is C20H29BrN4O2. The van der Waals surface area contributed by atoms with Gasteiger partial charge in [-0.05, 0) is 40.9 Å². The Morgan fingerprint density at radius 2 is 1.63 bits per heavy atom. The van der Waals surface area contributed by atoms with Crippen LogP contribution in [0.25, 0.3) is 0 Å². The van der Waals surface area contributed by atoms with Gasteiger partial charge in [0.25, 0.3) is 0 Å². The summed E-state index contributed by atoms with van der Waals surface area (Å²) in [6, 6.07) is 4.00. The Kier molecular flexibility index (Phi) is 6.08. The van der Waals surface area contributed by atoms with E-state index in [0.717, 1.165) is 49.3 Å². The molecule has 0 N–H and O–H groups in total. The van der Waals surface area contributed by atoms with Gasteiger partial charge in [0.2, 0.25) is 11.8 Å². The van der Waals surface area contributed by atoms with Gasteiger partial charge in [0.1, 0.15) is 5.82 Å². The molecule has 27 heavy (non-hydrogen) atoms. The number of carbonyl (C=O) groups excluding carboxylic acids is 2. The Bertz CT molecular complexity index is 670. The Balaban J connectivity index is 1.49. The number of amides is 2. The van der Waals surface area contributed by atoms with Crippen molar-refractivity contribution in [1.82, 2.24) is 14.8 Å². The number of hydrogen-bond acceptors (Lipinski definition) is 4. The van der Waals surface area contributed by atoms with Gasteiger partial charge in [-0.2, -0.15) is 0 Å². The third-order valence-corrected chi connectivity index (χ3v) is 5.87. The molecule has 0 spiro atoms. The number of rotatable bonds is 2. The second-order valence-corrected chi connectivity index (χ2v) is 9.38. The third kappa shape index (κ3) is 4.81. The highest BCUT2D eigenvalue weighted by atomic mass is 79.9. The van der Waals surface area contributed by atoms with Crippen LogP contribution in [-0.4, -0.2) is 65.9 Å². The second kappa shape index (κ2) is 8.17. The Morgan fingerprint density at radius 3 is 2.15 bits per heavy atom. The van der Waals surface area contributed by atoms with Crippen LogP contribution in [0.15, 0.2) is 22.8 Å². The predicted molar refractivity (Wildman–Crippen MR) is 109 cm³/mol. The molecule has 2 fully saturated rings. The quantitative estimate of drug-likeness (QED) is 0.714. The summed E-state index contributed by atoms with van der Waals surface area (Å²) in [6.45, 7) is 10.3. The van der Waals surface area contributed by atoms with Crippen molar-refractivity contribution in [3.05, 3.63) is 22.8 Å². The van der Waals surface area contributed by atoms with Crippen molar-refractivity contribution in [2.75, 3.05) is 44.2 Å². The van der Waals surface area contributed by atoms with Crippen LogP contribution >= 0.6 is 15.9 Å². The molecular weight excluding hydrogens is 408 g/mol. The number of carbonyl (C=O) groups is 2. The van der Waals surface area contributed by atoms with Crippen molar-refractivity contribution < 1.29 is 9.59 Å². The van der Waals surface area contributed by atoms with E-state index in [1.54, 1.807) is 6.20 Å². The van der Waals surface area contributed by atoms with Crippen molar-refractivity contribution in [3.63, 3.8) is 0 Å². The summed E-state index contributed by atoms with van der Waals surface area (Å²) < 4.78 is 0.969. The van der Waals surface area contributed by atoms with Gasteiger partial charge in [0.15, 0.2) is 0 Å². The van der Waals surface area contributed by atoms with E-state index in [1.165, 1.54) is 0 Å². The highest BCUT2D eigenvalue weighted by Crippen LogP contribution is 2.25. The van der Waals surface area contributed by atoms with Crippen LogP contribution in [0.2, 0.25) is 0 Å². The molecule has 148 valence electrons. The first-order valence-corrected chi connectivity index (χ1v) is 10.5. The fourth-order valence-electron chi connectivity index (χ4n) is 3.77. The molecule has 7 heteroatoms. The number of anilines is 1. The van der Waals surface area contributed by atoms with Gasteiger partial charge in [-0.1, -0.05) is 20.8 Å². The number of pyridine rings is 1. The molecule has 1 aromatic heterocycles. The predicted octanol–water partition coefficient (Wildman–Crippen LogP) is 2.78. The zero-order valence-corrected chi connectivity index (χ0v) is 18.0. The van der Waals surface area contributed by atoms with Crippen LogP contribution in [0.1, 0.15) is 33.6 Å². The molecule has 0 radical (unpaired) electrons. The molecule has 3 heterocycles. The first-order chi connectivity index (χ1) is 12.8. The van der Waals surface area contributed by atoms with E-state index in [-0.39, 0.29) is 23.1 Å². The lowest BCUT2D eigenvalue weighted by Gasteiger charge is -2.39. The zero-order chi connectivity index (χ0) is 19.6. The van der Waals surface area contributed by atoms with E-state index in [1.807, 2.05) is 42.7 Å². The molecule has 0 aromatic carbocycles. The molecule has 0 saturated carbocycles. The molecule has 0 unspecified atom stereocenters. The maximum Gasteiger partial charge on any atom is 0.227 e. The smallest absolute Gasteiger partial charge is 0.227 e. The Hall–Kier alpha value is -1.63. The molecule has 2 saturated heterocycles. The summed E-state index contributed by atoms with van der Waals surface area (Å²) in [5.41, 5.74) is -0.353. The molecule has 2 aliphatic rings. The van der Waals surface area contributed by atoms with E-state index < -0.39 is 0 Å². The van der Waals surface area contributed by atoms with E-state index in [2.05, 4.69) is 25.8 Å². The van der Waals surface area contributed by atoms with E-state index in [0.29, 0.717) is 13.1 Å². The minimum Gasteiger partial charge on any atom is -0.353 e. The van der Waals surface area contributed by atoms with Crippen LogP contribution in [0.4, 0.5) is 5.82 Å². The molecule has 0 bridgehead atoms. The molecule has 6 nitrogen and oxygen atoms in total. The lowest BCUT2D eigenvalue weighted by atomic mass is 9.90. The van der Waals surface area contributed by atoms with Gasteiger partial charge in [0.05, 0.1) is 0 Å². The lowest BCUT2D eigenvalue weighted by Crippen LogP contribution is -2.52. The number of piperidine rings is 1. The lowest BCUT2D eigenvalue weighted by molar-refractivity contribution is -0.145. The molecule has 2 amide bonds. The zero-order valence-electron chi connectivity index (χ0n) is 16.4. The van der Waals surface area contributed by atoms with Gasteiger partial charge < -0.3 is 14.7 Å². The van der Waals surface area contributed by atoms with Gasteiger partial charge >= 0.3 is 0 Å². The van der Waals surface area contributed by atoms with Crippen LogP contribution in [0.3, 0.4) is 0 Å². The van der Waals surface area contributed by atoms with Gasteiger partial charge in [-0.25, -0.2) is 4.98 Å². The van der Waals surface area contributed by atoms with E-state index in [4.69, 9.17) is 0 Å². The Labute approximate surface area is 170 Å². The highest BCUT2D eigenvalue weighted by molar-refractivity contribution is 9.10. The van der Waals surface area contributed by atoms with Crippen LogP contribution in [0, 0.1) is 11.3 Å². The van der Waals surface area contributed by atoms with E-state index >= 15 is 0 Å². The van der Waals surface area contributed by atoms with Crippen LogP contribution in [0.5, 0.6) is 0 Å². The number of aromatic nitrogens is 1. The molecule has 3 rings (SSSR count). The number of likely N-dealkylation sites (tertiary alicyclic amines) is 1. The normalized spacial score (nSPS) is 19.3. The SMILES string of the molecule is CC(C)(C)C(=O)N1CCC(C(=O)N2CCN(c3ccc(Br)cn3)CC2)CC1.